The lowest BCUT2D eigenvalue weighted by Crippen LogP contribution is -2.62. The monoisotopic (exact) mass is 550 g/mol. The van der Waals surface area contributed by atoms with Crippen LogP contribution in [0, 0.1) is 0 Å². The van der Waals surface area contributed by atoms with E-state index in [9.17, 15) is 19.5 Å². The van der Waals surface area contributed by atoms with Gasteiger partial charge < -0.3 is 26.8 Å². The van der Waals surface area contributed by atoms with Crippen LogP contribution in [0.25, 0.3) is 0 Å². The lowest BCUT2D eigenvalue weighted by atomic mass is 9.74. The van der Waals surface area contributed by atoms with Crippen molar-refractivity contribution < 1.29 is 19.5 Å². The third-order valence-corrected chi connectivity index (χ3v) is 6.98. The van der Waals surface area contributed by atoms with Crippen molar-refractivity contribution in [3.8, 4) is 0 Å². The van der Waals surface area contributed by atoms with Crippen molar-refractivity contribution in [3.05, 3.63) is 138 Å². The number of nitrogens with zero attached hydrogens (tertiary/aromatic N) is 1. The minimum Gasteiger partial charge on any atom is -0.392 e. The lowest BCUT2D eigenvalue weighted by molar-refractivity contribution is -0.146. The predicted molar refractivity (Wildman–Crippen MR) is 158 cm³/mol. The van der Waals surface area contributed by atoms with E-state index in [4.69, 9.17) is 11.5 Å². The van der Waals surface area contributed by atoms with Crippen LogP contribution in [0.15, 0.2) is 115 Å². The Bertz CT molecular complexity index is 1360. The van der Waals surface area contributed by atoms with Gasteiger partial charge in [0.1, 0.15) is 11.6 Å². The largest absolute Gasteiger partial charge is 0.392 e. The highest BCUT2D eigenvalue weighted by Crippen LogP contribution is 2.44. The molecular weight excluding hydrogens is 516 g/mol. The fourth-order valence-electron chi connectivity index (χ4n) is 5.14. The molecule has 8 nitrogen and oxygen atoms in total. The summed E-state index contributed by atoms with van der Waals surface area (Å²) in [7, 11) is 0. The second kappa shape index (κ2) is 13.0. The third kappa shape index (κ3) is 6.19. The molecule has 0 aliphatic rings. The van der Waals surface area contributed by atoms with Crippen molar-refractivity contribution in [2.75, 3.05) is 5.32 Å². The van der Waals surface area contributed by atoms with Crippen LogP contribution < -0.4 is 16.8 Å². The molecule has 0 bridgehead atoms. The second-order valence-corrected chi connectivity index (χ2v) is 9.84. The zero-order chi connectivity index (χ0) is 29.4. The molecule has 0 radical (unpaired) electrons. The van der Waals surface area contributed by atoms with Crippen LogP contribution >= 0.6 is 0 Å². The summed E-state index contributed by atoms with van der Waals surface area (Å²) in [6.45, 7) is 1.40. The molecule has 0 unspecified atom stereocenters. The molecule has 0 spiro atoms. The fourth-order valence-corrected chi connectivity index (χ4v) is 5.14. The summed E-state index contributed by atoms with van der Waals surface area (Å²) in [5, 5.41) is 12.2. The first-order valence-corrected chi connectivity index (χ1v) is 13.3. The second-order valence-electron chi connectivity index (χ2n) is 9.84. The molecule has 4 aromatic rings. The predicted octanol–water partition coefficient (Wildman–Crippen LogP) is 3.53. The highest BCUT2D eigenvalue weighted by molar-refractivity contribution is 6.00. The van der Waals surface area contributed by atoms with Crippen molar-refractivity contribution in [2.45, 2.75) is 37.6 Å². The van der Waals surface area contributed by atoms with Crippen molar-refractivity contribution in [1.29, 1.82) is 0 Å². The average molecular weight is 551 g/mol. The number of rotatable bonds is 11. The lowest BCUT2D eigenvalue weighted by Gasteiger charge is -2.49. The van der Waals surface area contributed by atoms with E-state index in [0.717, 1.165) is 0 Å². The van der Waals surface area contributed by atoms with Crippen LogP contribution in [0.1, 0.15) is 35.6 Å². The zero-order valence-electron chi connectivity index (χ0n) is 22.8. The summed E-state index contributed by atoms with van der Waals surface area (Å²) in [5.41, 5.74) is 13.8. The number of hydrogen-bond acceptors (Lipinski definition) is 5. The number of nitrogens with two attached hydrogens (primary N) is 2. The highest BCUT2D eigenvalue weighted by atomic mass is 16.3. The molecule has 3 amide bonds. The minimum atomic E-state index is -1.37. The van der Waals surface area contributed by atoms with E-state index in [1.165, 1.54) is 4.90 Å². The Labute approximate surface area is 239 Å². The first-order valence-electron chi connectivity index (χ1n) is 13.3. The van der Waals surface area contributed by atoms with Crippen LogP contribution in [0.2, 0.25) is 0 Å². The van der Waals surface area contributed by atoms with Gasteiger partial charge in [0.15, 0.2) is 0 Å². The number of hydrogen-bond donors (Lipinski definition) is 4. The number of anilines is 1. The molecule has 0 saturated heterocycles. The molecule has 0 fully saturated rings. The highest BCUT2D eigenvalue weighted by Gasteiger charge is 2.50. The Balaban J connectivity index is 2.03. The number of amides is 3. The van der Waals surface area contributed by atoms with Gasteiger partial charge in [-0.15, -0.1) is 0 Å². The van der Waals surface area contributed by atoms with Crippen LogP contribution in [0.4, 0.5) is 5.69 Å². The Morgan fingerprint density at radius 2 is 1.22 bits per heavy atom. The molecule has 4 aromatic carbocycles. The number of aliphatic hydroxyl groups is 1. The fraction of sp³-hybridized carbons (Fsp3) is 0.182. The van der Waals surface area contributed by atoms with Gasteiger partial charge in [0, 0.05) is 5.69 Å². The summed E-state index contributed by atoms with van der Waals surface area (Å²) < 4.78 is 0. The van der Waals surface area contributed by atoms with Gasteiger partial charge in [-0.25, -0.2) is 0 Å². The molecule has 0 aromatic heterocycles. The molecule has 0 aliphatic heterocycles. The standard InChI is InChI=1S/C33H34N4O4/c1-23(34)32(41)37(29(21-30(35)39)31(40)36-28-19-17-24(22-38)18-20-28)33(25-11-5-2-6-12-25,26-13-7-3-8-14-26)27-15-9-4-10-16-27/h2-20,23,29,38H,21-22,34H2,1H3,(H2,35,39)(H,36,40)/t23-,29-/m0/s1. The molecule has 6 N–H and O–H groups in total. The van der Waals surface area contributed by atoms with E-state index in [1.807, 2.05) is 91.0 Å². The Kier molecular flexibility index (Phi) is 9.29. The molecule has 4 rings (SSSR count). The van der Waals surface area contributed by atoms with Crippen LogP contribution in [0.3, 0.4) is 0 Å². The van der Waals surface area contributed by atoms with Crippen molar-refractivity contribution in [3.63, 3.8) is 0 Å². The van der Waals surface area contributed by atoms with E-state index in [0.29, 0.717) is 27.9 Å². The minimum absolute atomic E-state index is 0.150. The summed E-state index contributed by atoms with van der Waals surface area (Å²) in [6, 6.07) is 32.3. The number of carbonyl (C=O) groups excluding carboxylic acids is 3. The van der Waals surface area contributed by atoms with E-state index in [-0.39, 0.29) is 6.61 Å². The number of aliphatic hydroxyl groups excluding tert-OH is 1. The summed E-state index contributed by atoms with van der Waals surface area (Å²) in [4.78, 5) is 42.4. The van der Waals surface area contributed by atoms with Gasteiger partial charge in [-0.1, -0.05) is 103 Å². The van der Waals surface area contributed by atoms with Crippen molar-refractivity contribution in [2.24, 2.45) is 11.5 Å². The summed E-state index contributed by atoms with van der Waals surface area (Å²) in [5.74, 6) is -1.91. The number of benzene rings is 4. The topological polar surface area (TPSA) is 139 Å². The first-order chi connectivity index (χ1) is 19.8. The van der Waals surface area contributed by atoms with E-state index in [1.54, 1.807) is 31.2 Å². The smallest absolute Gasteiger partial charge is 0.247 e. The van der Waals surface area contributed by atoms with E-state index in [2.05, 4.69) is 5.32 Å². The molecule has 41 heavy (non-hydrogen) atoms. The Morgan fingerprint density at radius 1 is 0.780 bits per heavy atom. The van der Waals surface area contributed by atoms with Gasteiger partial charge in [0.25, 0.3) is 0 Å². The van der Waals surface area contributed by atoms with Crippen LogP contribution in [-0.2, 0) is 26.5 Å². The SMILES string of the molecule is C[C@H](N)C(=O)N([C@@H](CC(N)=O)C(=O)Nc1ccc(CO)cc1)C(c1ccccc1)(c1ccccc1)c1ccccc1. The van der Waals surface area contributed by atoms with Crippen LogP contribution in [-0.4, -0.2) is 39.8 Å². The normalized spacial score (nSPS) is 12.7. The van der Waals surface area contributed by atoms with Crippen molar-refractivity contribution >= 4 is 23.4 Å². The van der Waals surface area contributed by atoms with E-state index >= 15 is 0 Å². The average Bonchev–Trinajstić information content (AvgIpc) is 3.00. The Hall–Kier alpha value is -4.79. The molecule has 8 heteroatoms. The molecule has 2 atom stereocenters. The molecule has 210 valence electrons. The van der Waals surface area contributed by atoms with Crippen LogP contribution in [0.5, 0.6) is 0 Å². The summed E-state index contributed by atoms with van der Waals surface area (Å²) >= 11 is 0. The van der Waals surface area contributed by atoms with Gasteiger partial charge in [-0.3, -0.25) is 14.4 Å². The Morgan fingerprint density at radius 3 is 1.59 bits per heavy atom. The van der Waals surface area contributed by atoms with E-state index < -0.39 is 41.8 Å². The summed E-state index contributed by atoms with van der Waals surface area (Å²) in [6.07, 6.45) is -0.451. The molecular formula is C33H34N4O4. The maximum Gasteiger partial charge on any atom is 0.247 e. The third-order valence-electron chi connectivity index (χ3n) is 6.98. The quantitative estimate of drug-likeness (QED) is 0.212. The zero-order valence-corrected chi connectivity index (χ0v) is 22.8. The van der Waals surface area contributed by atoms with Gasteiger partial charge >= 0.3 is 0 Å². The number of primary amides is 1. The number of nitrogens with one attached hydrogen (secondary N) is 1. The maximum atomic E-state index is 14.3. The molecule has 0 saturated carbocycles. The van der Waals surface area contributed by atoms with Gasteiger partial charge in [-0.05, 0) is 41.3 Å². The van der Waals surface area contributed by atoms with Gasteiger partial charge in [0.2, 0.25) is 17.7 Å². The van der Waals surface area contributed by atoms with Gasteiger partial charge in [0.05, 0.1) is 19.1 Å². The van der Waals surface area contributed by atoms with Crippen molar-refractivity contribution in [1.82, 2.24) is 4.90 Å². The molecule has 0 heterocycles. The molecule has 0 aliphatic carbocycles. The van der Waals surface area contributed by atoms with Gasteiger partial charge in [-0.2, -0.15) is 0 Å². The first kappa shape index (κ1) is 29.2. The number of carbonyl (C=O) groups is 3. The maximum absolute atomic E-state index is 14.3.